The molecule has 1 saturated carbocycles. The van der Waals surface area contributed by atoms with Gasteiger partial charge in [-0.25, -0.2) is 0 Å². The molecule has 3 rings (SSSR count). The molecule has 1 aromatic rings. The summed E-state index contributed by atoms with van der Waals surface area (Å²) in [6, 6.07) is 8.09. The second-order valence-electron chi connectivity index (χ2n) is 5.68. The third kappa shape index (κ3) is 2.35. The Kier molecular flexibility index (Phi) is 3.32. The number of carbonyl (C=O) groups excluding carboxylic acids is 2. The molecule has 4 nitrogen and oxygen atoms in total. The fraction of sp³-hybridized carbons (Fsp3) is 0.467. The summed E-state index contributed by atoms with van der Waals surface area (Å²) in [7, 11) is 0. The lowest BCUT2D eigenvalue weighted by atomic mass is 9.94. The summed E-state index contributed by atoms with van der Waals surface area (Å²) in [5.74, 6) is 0.178. The van der Waals surface area contributed by atoms with E-state index in [0.29, 0.717) is 13.1 Å². The molecule has 0 radical (unpaired) electrons. The Morgan fingerprint density at radius 2 is 1.85 bits per heavy atom. The Labute approximate surface area is 126 Å². The topological polar surface area (TPSA) is 49.4 Å². The molecule has 0 bridgehead atoms. The van der Waals surface area contributed by atoms with Crippen molar-refractivity contribution in [1.82, 2.24) is 10.2 Å². The van der Waals surface area contributed by atoms with Crippen LogP contribution in [0.25, 0.3) is 0 Å². The Morgan fingerprint density at radius 3 is 2.35 bits per heavy atom. The largest absolute Gasteiger partial charge is 0.349 e. The fourth-order valence-corrected chi connectivity index (χ4v) is 2.96. The minimum Gasteiger partial charge on any atom is -0.349 e. The van der Waals surface area contributed by atoms with Crippen LogP contribution < -0.4 is 5.32 Å². The van der Waals surface area contributed by atoms with Crippen molar-refractivity contribution < 1.29 is 9.59 Å². The average Bonchev–Trinajstić information content (AvgIpc) is 3.14. The van der Waals surface area contributed by atoms with Gasteiger partial charge >= 0.3 is 0 Å². The van der Waals surface area contributed by atoms with Crippen molar-refractivity contribution in [3.05, 3.63) is 34.3 Å². The maximum Gasteiger partial charge on any atom is 0.230 e. The lowest BCUT2D eigenvalue weighted by Crippen LogP contribution is -2.61. The van der Waals surface area contributed by atoms with E-state index in [-0.39, 0.29) is 23.3 Å². The average molecular weight is 337 g/mol. The van der Waals surface area contributed by atoms with E-state index in [1.54, 1.807) is 11.8 Å². The zero-order valence-corrected chi connectivity index (χ0v) is 12.9. The Morgan fingerprint density at radius 1 is 1.25 bits per heavy atom. The molecule has 2 amide bonds. The minimum atomic E-state index is -0.336. The molecule has 2 aliphatic rings. The van der Waals surface area contributed by atoms with Gasteiger partial charge in [-0.15, -0.1) is 0 Å². The van der Waals surface area contributed by atoms with Gasteiger partial charge in [-0.3, -0.25) is 9.59 Å². The number of amides is 2. The Bertz CT molecular complexity index is 545. The van der Waals surface area contributed by atoms with Gasteiger partial charge in [-0.05, 0) is 30.5 Å². The number of likely N-dealkylation sites (tertiary alicyclic amines) is 1. The minimum absolute atomic E-state index is 0.0737. The number of hydrogen-bond acceptors (Lipinski definition) is 2. The van der Waals surface area contributed by atoms with Crippen LogP contribution in [0.4, 0.5) is 0 Å². The standard InChI is InChI=1S/C15H17BrN2O2/c1-10(19)18-8-13(9-18)17-14(20)15(6-7-15)11-2-4-12(16)5-3-11/h2-5,13H,6-9H2,1H3,(H,17,20). The maximum atomic E-state index is 12.5. The number of halogens is 1. The van der Waals surface area contributed by atoms with Crippen molar-refractivity contribution >= 4 is 27.7 Å². The van der Waals surface area contributed by atoms with Crippen LogP contribution in [0, 0.1) is 0 Å². The molecule has 2 fully saturated rings. The van der Waals surface area contributed by atoms with E-state index in [1.807, 2.05) is 24.3 Å². The fourth-order valence-electron chi connectivity index (χ4n) is 2.69. The molecular weight excluding hydrogens is 320 g/mol. The van der Waals surface area contributed by atoms with E-state index in [1.165, 1.54) is 0 Å². The monoisotopic (exact) mass is 336 g/mol. The van der Waals surface area contributed by atoms with E-state index >= 15 is 0 Å². The lowest BCUT2D eigenvalue weighted by molar-refractivity contribution is -0.136. The molecule has 0 aromatic heterocycles. The molecule has 1 aliphatic carbocycles. The maximum absolute atomic E-state index is 12.5. The Hall–Kier alpha value is -1.36. The van der Waals surface area contributed by atoms with Gasteiger partial charge in [-0.1, -0.05) is 28.1 Å². The van der Waals surface area contributed by atoms with Gasteiger partial charge < -0.3 is 10.2 Å². The number of carbonyl (C=O) groups is 2. The summed E-state index contributed by atoms with van der Waals surface area (Å²) in [6.45, 7) is 2.83. The van der Waals surface area contributed by atoms with Crippen LogP contribution in [0.2, 0.25) is 0 Å². The first-order valence-electron chi connectivity index (χ1n) is 6.84. The van der Waals surface area contributed by atoms with Gasteiger partial charge in [-0.2, -0.15) is 0 Å². The zero-order chi connectivity index (χ0) is 14.3. The van der Waals surface area contributed by atoms with Crippen LogP contribution in [0.15, 0.2) is 28.7 Å². The molecule has 0 spiro atoms. The van der Waals surface area contributed by atoms with Crippen LogP contribution in [0.5, 0.6) is 0 Å². The third-order valence-corrected chi connectivity index (χ3v) is 4.77. The van der Waals surface area contributed by atoms with Gasteiger partial charge in [0.1, 0.15) is 0 Å². The van der Waals surface area contributed by atoms with Crippen molar-refractivity contribution in [3.63, 3.8) is 0 Å². The van der Waals surface area contributed by atoms with Crippen LogP contribution in [-0.4, -0.2) is 35.8 Å². The van der Waals surface area contributed by atoms with Crippen LogP contribution >= 0.6 is 15.9 Å². The van der Waals surface area contributed by atoms with Crippen molar-refractivity contribution in [2.45, 2.75) is 31.2 Å². The highest BCUT2D eigenvalue weighted by molar-refractivity contribution is 9.10. The molecule has 5 heteroatoms. The van der Waals surface area contributed by atoms with Crippen LogP contribution in [0.3, 0.4) is 0 Å². The molecule has 1 aliphatic heterocycles. The molecule has 1 N–H and O–H groups in total. The van der Waals surface area contributed by atoms with Gasteiger partial charge in [0.05, 0.1) is 11.5 Å². The van der Waals surface area contributed by atoms with Crippen LogP contribution in [-0.2, 0) is 15.0 Å². The summed E-state index contributed by atoms with van der Waals surface area (Å²) >= 11 is 3.41. The first-order valence-corrected chi connectivity index (χ1v) is 7.63. The predicted octanol–water partition coefficient (Wildman–Crippen LogP) is 1.83. The van der Waals surface area contributed by atoms with Crippen molar-refractivity contribution in [2.24, 2.45) is 0 Å². The van der Waals surface area contributed by atoms with Gasteiger partial charge in [0.2, 0.25) is 11.8 Å². The summed E-state index contributed by atoms with van der Waals surface area (Å²) in [5.41, 5.74) is 0.748. The smallest absolute Gasteiger partial charge is 0.230 e. The van der Waals surface area contributed by atoms with Gasteiger partial charge in [0.15, 0.2) is 0 Å². The predicted molar refractivity (Wildman–Crippen MR) is 79.2 cm³/mol. The van der Waals surface area contributed by atoms with Gasteiger partial charge in [0.25, 0.3) is 0 Å². The number of benzene rings is 1. The molecule has 1 heterocycles. The first-order chi connectivity index (χ1) is 9.51. The van der Waals surface area contributed by atoms with E-state index < -0.39 is 0 Å². The van der Waals surface area contributed by atoms with Crippen molar-refractivity contribution in [1.29, 1.82) is 0 Å². The summed E-state index contributed by atoms with van der Waals surface area (Å²) in [4.78, 5) is 25.3. The highest BCUT2D eigenvalue weighted by Crippen LogP contribution is 2.48. The highest BCUT2D eigenvalue weighted by atomic mass is 79.9. The number of hydrogen-bond donors (Lipinski definition) is 1. The van der Waals surface area contributed by atoms with Crippen LogP contribution in [0.1, 0.15) is 25.3 Å². The summed E-state index contributed by atoms with van der Waals surface area (Å²) in [5, 5.41) is 3.07. The summed E-state index contributed by atoms with van der Waals surface area (Å²) < 4.78 is 1.02. The molecule has 106 valence electrons. The Balaban J connectivity index is 1.63. The molecular formula is C15H17BrN2O2. The van der Waals surface area contributed by atoms with Crippen molar-refractivity contribution in [3.8, 4) is 0 Å². The van der Waals surface area contributed by atoms with Gasteiger partial charge in [0, 0.05) is 24.5 Å². The normalized spacial score (nSPS) is 20.2. The molecule has 1 aromatic carbocycles. The van der Waals surface area contributed by atoms with E-state index in [2.05, 4.69) is 21.2 Å². The molecule has 20 heavy (non-hydrogen) atoms. The number of rotatable bonds is 3. The third-order valence-electron chi connectivity index (χ3n) is 4.24. The first kappa shape index (κ1) is 13.6. The quantitative estimate of drug-likeness (QED) is 0.915. The van der Waals surface area contributed by atoms with Crippen molar-refractivity contribution in [2.75, 3.05) is 13.1 Å². The highest BCUT2D eigenvalue weighted by Gasteiger charge is 2.52. The zero-order valence-electron chi connectivity index (χ0n) is 11.4. The SMILES string of the molecule is CC(=O)N1CC(NC(=O)C2(c3ccc(Br)cc3)CC2)C1. The molecule has 1 saturated heterocycles. The van der Waals surface area contributed by atoms with E-state index in [4.69, 9.17) is 0 Å². The van der Waals surface area contributed by atoms with E-state index in [9.17, 15) is 9.59 Å². The molecule has 0 unspecified atom stereocenters. The summed E-state index contributed by atoms with van der Waals surface area (Å²) in [6.07, 6.45) is 1.81. The second-order valence-corrected chi connectivity index (χ2v) is 6.60. The lowest BCUT2D eigenvalue weighted by Gasteiger charge is -2.39. The second kappa shape index (κ2) is 4.88. The number of nitrogens with one attached hydrogen (secondary N) is 1. The number of nitrogens with zero attached hydrogens (tertiary/aromatic N) is 1. The van der Waals surface area contributed by atoms with E-state index in [0.717, 1.165) is 22.9 Å². The molecule has 0 atom stereocenters.